The zero-order valence-corrected chi connectivity index (χ0v) is 35.0. The normalized spacial score (nSPS) is 14.9. The van der Waals surface area contributed by atoms with Crippen molar-refractivity contribution in [2.24, 2.45) is 5.73 Å². The molecule has 5 aromatic carbocycles. The molecule has 0 radical (unpaired) electrons. The number of fused-ring (bicyclic) bond motifs is 1. The molecule has 0 saturated heterocycles. The van der Waals surface area contributed by atoms with Gasteiger partial charge in [0.05, 0.1) is 33.0 Å². The number of ether oxygens (including phenoxy) is 2. The number of amides is 3. The van der Waals surface area contributed by atoms with Crippen LogP contribution >= 0.6 is 35.0 Å². The lowest BCUT2D eigenvalue weighted by Gasteiger charge is -2.37. The minimum absolute atomic E-state index is 0.127. The van der Waals surface area contributed by atoms with E-state index in [4.69, 9.17) is 38.4 Å². The van der Waals surface area contributed by atoms with Crippen LogP contribution in [0.3, 0.4) is 0 Å². The second kappa shape index (κ2) is 19.2. The van der Waals surface area contributed by atoms with Crippen LogP contribution in [0.2, 0.25) is 10.0 Å². The molecule has 0 bridgehead atoms. The Morgan fingerprint density at radius 3 is 1.97 bits per heavy atom. The highest BCUT2D eigenvalue weighted by Crippen LogP contribution is 2.48. The molecule has 1 heterocycles. The predicted molar refractivity (Wildman–Crippen MR) is 233 cm³/mol. The van der Waals surface area contributed by atoms with Crippen LogP contribution in [0.5, 0.6) is 5.75 Å². The molecule has 58 heavy (non-hydrogen) atoms. The first-order valence-corrected chi connectivity index (χ1v) is 20.9. The lowest BCUT2D eigenvalue weighted by atomic mass is 9.84. The van der Waals surface area contributed by atoms with E-state index in [9.17, 15) is 14.4 Å². The van der Waals surface area contributed by atoms with E-state index in [-0.39, 0.29) is 24.1 Å². The summed E-state index contributed by atoms with van der Waals surface area (Å²) in [6, 6.07) is 40.0. The van der Waals surface area contributed by atoms with E-state index in [0.717, 1.165) is 22.3 Å². The highest BCUT2D eigenvalue weighted by molar-refractivity contribution is 8.00. The van der Waals surface area contributed by atoms with Crippen molar-refractivity contribution < 1.29 is 23.9 Å². The van der Waals surface area contributed by atoms with Crippen molar-refractivity contribution in [3.05, 3.63) is 171 Å². The fourth-order valence-electron chi connectivity index (χ4n) is 7.08. The van der Waals surface area contributed by atoms with Gasteiger partial charge >= 0.3 is 6.09 Å². The number of para-hydroxylation sites is 1. The molecule has 9 nitrogen and oxygen atoms in total. The number of carbonyl (C=O) groups is 3. The molecular formula is C46H48Cl2N4O5S. The zero-order valence-electron chi connectivity index (χ0n) is 32.7. The topological polar surface area (TPSA) is 132 Å². The maximum Gasteiger partial charge on any atom is 0.407 e. The van der Waals surface area contributed by atoms with Crippen LogP contribution in [0, 0.1) is 0 Å². The average molecular weight is 840 g/mol. The van der Waals surface area contributed by atoms with E-state index in [2.05, 4.69) is 88.7 Å². The van der Waals surface area contributed by atoms with E-state index in [1.54, 1.807) is 42.1 Å². The molecule has 0 spiro atoms. The highest BCUT2D eigenvalue weighted by atomic mass is 35.5. The fourth-order valence-corrected chi connectivity index (χ4v) is 8.96. The summed E-state index contributed by atoms with van der Waals surface area (Å²) in [4.78, 5) is 39.6. The molecule has 0 saturated carbocycles. The summed E-state index contributed by atoms with van der Waals surface area (Å²) < 4.78 is 11.3. The third kappa shape index (κ3) is 10.5. The molecule has 12 heteroatoms. The van der Waals surface area contributed by atoms with E-state index >= 15 is 0 Å². The molecular weight excluding hydrogens is 792 g/mol. The maximum absolute atomic E-state index is 13.8. The van der Waals surface area contributed by atoms with Crippen molar-refractivity contribution in [1.82, 2.24) is 16.0 Å². The van der Waals surface area contributed by atoms with Gasteiger partial charge in [-0.3, -0.25) is 9.59 Å². The van der Waals surface area contributed by atoms with E-state index in [1.807, 2.05) is 45.0 Å². The first-order chi connectivity index (χ1) is 27.8. The molecule has 1 aliphatic heterocycles. The number of nitrogens with two attached hydrogens (primary N) is 1. The number of halogens is 2. The standard InChI is InChI=1S/C46H48Cl2N4O5S/c1-45(2,3)57-44(55)51-34(29-58-46(31-14-7-4-8-15-31,32-16-9-5-10-17-32)33-18-11-6-12-19-33)28-50-39-24-25-56-41-35(39)20-13-21-36(41)43(54)52-40(42(49)53)27-30-22-23-37(47)38(48)26-30/h4-23,26,34,39-40,50H,24-25,27-29H2,1-3H3,(H2,49,53)(H,51,55)(H,52,54)/t34-,39?,40+/m1/s1. The molecule has 6 rings (SSSR count). The molecule has 1 aliphatic rings. The monoisotopic (exact) mass is 838 g/mol. The number of nitrogens with one attached hydrogen (secondary N) is 3. The van der Waals surface area contributed by atoms with Crippen LogP contribution < -0.4 is 26.4 Å². The first kappa shape index (κ1) is 42.6. The minimum atomic E-state index is -1.01. The SMILES string of the molecule is CC(C)(C)OC(=O)N[C@H](CNC1CCOc2c(C(=O)N[C@@H](Cc3ccc(Cl)c(Cl)c3)C(N)=O)cccc21)CSC(c1ccccc1)(c1ccccc1)c1ccccc1. The van der Waals surface area contributed by atoms with Crippen molar-refractivity contribution >= 4 is 52.9 Å². The van der Waals surface area contributed by atoms with Crippen molar-refractivity contribution in [2.75, 3.05) is 18.9 Å². The molecule has 0 aliphatic carbocycles. The average Bonchev–Trinajstić information content (AvgIpc) is 3.21. The summed E-state index contributed by atoms with van der Waals surface area (Å²) >= 11 is 14.0. The molecule has 1 unspecified atom stereocenters. The number of hydrogen-bond donors (Lipinski definition) is 4. The number of hydrogen-bond acceptors (Lipinski definition) is 7. The Morgan fingerprint density at radius 2 is 1.41 bits per heavy atom. The van der Waals surface area contributed by atoms with Gasteiger partial charge in [-0.2, -0.15) is 0 Å². The molecule has 0 aromatic heterocycles. The lowest BCUT2D eigenvalue weighted by Crippen LogP contribution is -2.47. The van der Waals surface area contributed by atoms with Gasteiger partial charge in [0.2, 0.25) is 5.91 Å². The molecule has 3 atom stereocenters. The van der Waals surface area contributed by atoms with Crippen LogP contribution in [0.25, 0.3) is 0 Å². The highest BCUT2D eigenvalue weighted by Gasteiger charge is 2.38. The Hall–Kier alpha value is -5.00. The van der Waals surface area contributed by atoms with Crippen molar-refractivity contribution in [3.8, 4) is 5.75 Å². The Kier molecular flexibility index (Phi) is 14.1. The van der Waals surface area contributed by atoms with Gasteiger partial charge in [-0.05, 0) is 61.2 Å². The Bertz CT molecular complexity index is 2090. The molecule has 5 N–H and O–H groups in total. The van der Waals surface area contributed by atoms with E-state index in [1.165, 1.54) is 0 Å². The van der Waals surface area contributed by atoms with Crippen LogP contribution in [-0.4, -0.2) is 54.5 Å². The summed E-state index contributed by atoms with van der Waals surface area (Å²) in [6.45, 7) is 6.24. The number of carbonyl (C=O) groups excluding carboxylic acids is 3. The van der Waals surface area contributed by atoms with Gasteiger partial charge in [-0.25, -0.2) is 4.79 Å². The van der Waals surface area contributed by atoms with Gasteiger partial charge in [0, 0.05) is 36.7 Å². The number of primary amides is 1. The summed E-state index contributed by atoms with van der Waals surface area (Å²) in [5.74, 6) is -0.261. The minimum Gasteiger partial charge on any atom is -0.492 e. The van der Waals surface area contributed by atoms with Gasteiger partial charge in [0.15, 0.2) is 0 Å². The van der Waals surface area contributed by atoms with Crippen molar-refractivity contribution in [1.29, 1.82) is 0 Å². The van der Waals surface area contributed by atoms with Gasteiger partial charge in [0.1, 0.15) is 17.4 Å². The largest absolute Gasteiger partial charge is 0.492 e. The first-order valence-electron chi connectivity index (χ1n) is 19.2. The quantitative estimate of drug-likeness (QED) is 0.0775. The van der Waals surface area contributed by atoms with Crippen molar-refractivity contribution in [2.45, 2.75) is 62.1 Å². The van der Waals surface area contributed by atoms with Crippen LogP contribution in [0.1, 0.15) is 71.4 Å². The van der Waals surface area contributed by atoms with Gasteiger partial charge in [0.25, 0.3) is 5.91 Å². The van der Waals surface area contributed by atoms with Crippen LogP contribution in [-0.2, 0) is 20.7 Å². The Balaban J connectivity index is 1.25. The van der Waals surface area contributed by atoms with Crippen molar-refractivity contribution in [3.63, 3.8) is 0 Å². The number of rotatable bonds is 15. The van der Waals surface area contributed by atoms with Gasteiger partial charge in [-0.1, -0.05) is 132 Å². The van der Waals surface area contributed by atoms with Gasteiger partial charge in [-0.15, -0.1) is 11.8 Å². The summed E-state index contributed by atoms with van der Waals surface area (Å²) in [5, 5.41) is 10.3. The fraction of sp³-hybridized carbons (Fsp3) is 0.283. The summed E-state index contributed by atoms with van der Waals surface area (Å²) in [7, 11) is 0. The molecule has 5 aromatic rings. The summed E-state index contributed by atoms with van der Waals surface area (Å²) in [5.41, 5.74) is 10.1. The molecule has 3 amide bonds. The zero-order chi connectivity index (χ0) is 41.3. The molecule has 0 fully saturated rings. The lowest BCUT2D eigenvalue weighted by molar-refractivity contribution is -0.119. The van der Waals surface area contributed by atoms with Crippen LogP contribution in [0.4, 0.5) is 4.79 Å². The maximum atomic E-state index is 13.8. The van der Waals surface area contributed by atoms with E-state index < -0.39 is 34.3 Å². The Labute approximate surface area is 354 Å². The third-order valence-electron chi connectivity index (χ3n) is 9.76. The van der Waals surface area contributed by atoms with E-state index in [0.29, 0.717) is 46.7 Å². The number of alkyl carbamates (subject to hydrolysis) is 1. The summed E-state index contributed by atoms with van der Waals surface area (Å²) in [6.07, 6.45) is 0.233. The Morgan fingerprint density at radius 1 is 0.810 bits per heavy atom. The van der Waals surface area contributed by atoms with Crippen LogP contribution in [0.15, 0.2) is 127 Å². The third-order valence-corrected chi connectivity index (χ3v) is 12.2. The second-order valence-corrected chi connectivity index (χ2v) is 17.2. The van der Waals surface area contributed by atoms with Gasteiger partial charge < -0.3 is 31.2 Å². The number of thioether (sulfide) groups is 1. The smallest absolute Gasteiger partial charge is 0.407 e. The second-order valence-electron chi connectivity index (χ2n) is 15.1. The predicted octanol–water partition coefficient (Wildman–Crippen LogP) is 8.85. The molecule has 302 valence electrons. The number of benzene rings is 5.